The van der Waals surface area contributed by atoms with Gasteiger partial charge in [-0.1, -0.05) is 0 Å². The van der Waals surface area contributed by atoms with Crippen LogP contribution < -0.4 is 5.32 Å². The molecule has 3 heterocycles. The molecule has 2 N–H and O–H groups in total. The molecule has 3 rings (SSSR count). The summed E-state index contributed by atoms with van der Waals surface area (Å²) in [4.78, 5) is 42.2. The van der Waals surface area contributed by atoms with Crippen LogP contribution in [-0.2, 0) is 14.3 Å². The van der Waals surface area contributed by atoms with Gasteiger partial charge >= 0.3 is 5.97 Å². The SMILES string of the molecule is CCOC(=O)c1c(C)[nH]c(C(=O)N2CCC(CC(=O)NCC3CCCO3)CC2)c1C. The topological polar surface area (TPSA) is 101 Å². The molecular weight excluding hydrogens is 386 g/mol. The molecule has 166 valence electrons. The lowest BCUT2D eigenvalue weighted by atomic mass is 9.93. The van der Waals surface area contributed by atoms with Crippen molar-refractivity contribution in [2.75, 3.05) is 32.8 Å². The van der Waals surface area contributed by atoms with Crippen molar-refractivity contribution in [1.82, 2.24) is 15.2 Å². The number of nitrogens with zero attached hydrogens (tertiary/aromatic N) is 1. The van der Waals surface area contributed by atoms with E-state index in [0.717, 1.165) is 32.3 Å². The second-order valence-electron chi connectivity index (χ2n) is 8.22. The first-order chi connectivity index (χ1) is 14.4. The highest BCUT2D eigenvalue weighted by atomic mass is 16.5. The van der Waals surface area contributed by atoms with Crippen LogP contribution >= 0.6 is 0 Å². The van der Waals surface area contributed by atoms with Gasteiger partial charge in [-0.2, -0.15) is 0 Å². The molecule has 8 heteroatoms. The van der Waals surface area contributed by atoms with E-state index in [2.05, 4.69) is 10.3 Å². The summed E-state index contributed by atoms with van der Waals surface area (Å²) in [5.41, 5.74) is 2.17. The number of aromatic amines is 1. The fourth-order valence-electron chi connectivity index (χ4n) is 4.34. The normalized spacial score (nSPS) is 19.7. The van der Waals surface area contributed by atoms with Crippen LogP contribution in [0.4, 0.5) is 0 Å². The van der Waals surface area contributed by atoms with E-state index in [1.54, 1.807) is 25.7 Å². The Morgan fingerprint density at radius 1 is 1.20 bits per heavy atom. The van der Waals surface area contributed by atoms with Crippen molar-refractivity contribution in [1.29, 1.82) is 0 Å². The maximum atomic E-state index is 13.0. The Morgan fingerprint density at radius 2 is 1.93 bits per heavy atom. The van der Waals surface area contributed by atoms with E-state index < -0.39 is 5.97 Å². The molecule has 0 aromatic carbocycles. The van der Waals surface area contributed by atoms with Crippen molar-refractivity contribution in [3.05, 3.63) is 22.5 Å². The molecule has 1 aromatic rings. The smallest absolute Gasteiger partial charge is 0.340 e. The first-order valence-corrected chi connectivity index (χ1v) is 10.9. The van der Waals surface area contributed by atoms with E-state index in [1.807, 2.05) is 0 Å². The Hall–Kier alpha value is -2.35. The zero-order chi connectivity index (χ0) is 21.7. The van der Waals surface area contributed by atoms with Crippen LogP contribution in [0.15, 0.2) is 0 Å². The number of ether oxygens (including phenoxy) is 2. The summed E-state index contributed by atoms with van der Waals surface area (Å²) in [5, 5.41) is 2.98. The standard InChI is InChI=1S/C22H33N3O5/c1-4-29-22(28)19-14(2)20(24-15(19)3)21(27)25-9-7-16(8-10-25)12-18(26)23-13-17-6-5-11-30-17/h16-17,24H,4-13H2,1-3H3,(H,23,26). The van der Waals surface area contributed by atoms with E-state index in [4.69, 9.17) is 9.47 Å². The Morgan fingerprint density at radius 3 is 2.57 bits per heavy atom. The van der Waals surface area contributed by atoms with Gasteiger partial charge in [0.15, 0.2) is 0 Å². The summed E-state index contributed by atoms with van der Waals surface area (Å²) in [7, 11) is 0. The van der Waals surface area contributed by atoms with E-state index in [0.29, 0.717) is 55.2 Å². The highest BCUT2D eigenvalue weighted by Gasteiger charge is 2.29. The molecule has 2 amide bonds. The second kappa shape index (κ2) is 10.1. The lowest BCUT2D eigenvalue weighted by Gasteiger charge is -2.31. The third-order valence-corrected chi connectivity index (χ3v) is 6.06. The van der Waals surface area contributed by atoms with Gasteiger partial charge in [0.25, 0.3) is 5.91 Å². The van der Waals surface area contributed by atoms with Crippen molar-refractivity contribution in [3.8, 4) is 0 Å². The van der Waals surface area contributed by atoms with E-state index in [-0.39, 0.29) is 23.8 Å². The molecule has 0 radical (unpaired) electrons. The lowest BCUT2D eigenvalue weighted by Crippen LogP contribution is -2.40. The second-order valence-corrected chi connectivity index (χ2v) is 8.22. The Bertz CT molecular complexity index is 774. The predicted molar refractivity (Wildman–Crippen MR) is 111 cm³/mol. The number of piperidine rings is 1. The van der Waals surface area contributed by atoms with Crippen LogP contribution in [0.1, 0.15) is 71.1 Å². The van der Waals surface area contributed by atoms with Gasteiger partial charge in [-0.15, -0.1) is 0 Å². The van der Waals surface area contributed by atoms with E-state index in [9.17, 15) is 14.4 Å². The lowest BCUT2D eigenvalue weighted by molar-refractivity contribution is -0.122. The molecule has 30 heavy (non-hydrogen) atoms. The molecule has 2 saturated heterocycles. The minimum Gasteiger partial charge on any atom is -0.462 e. The van der Waals surface area contributed by atoms with E-state index >= 15 is 0 Å². The van der Waals surface area contributed by atoms with Gasteiger partial charge in [-0.25, -0.2) is 4.79 Å². The number of nitrogens with one attached hydrogen (secondary N) is 2. The molecule has 2 aliphatic rings. The van der Waals surface area contributed by atoms with Crippen LogP contribution in [0.2, 0.25) is 0 Å². The predicted octanol–water partition coefficient (Wildman–Crippen LogP) is 2.35. The molecule has 1 unspecified atom stereocenters. The maximum absolute atomic E-state index is 13.0. The van der Waals surface area contributed by atoms with Gasteiger partial charge < -0.3 is 24.7 Å². The number of aryl methyl sites for hydroxylation is 1. The number of hydrogen-bond acceptors (Lipinski definition) is 5. The third-order valence-electron chi connectivity index (χ3n) is 6.06. The van der Waals surface area contributed by atoms with Crippen LogP contribution in [0, 0.1) is 19.8 Å². The third kappa shape index (κ3) is 5.22. The van der Waals surface area contributed by atoms with Gasteiger partial charge in [0.1, 0.15) is 5.69 Å². The van der Waals surface area contributed by atoms with Crippen LogP contribution in [0.25, 0.3) is 0 Å². The molecule has 0 saturated carbocycles. The maximum Gasteiger partial charge on any atom is 0.340 e. The number of hydrogen-bond donors (Lipinski definition) is 2. The Balaban J connectivity index is 1.50. The summed E-state index contributed by atoms with van der Waals surface area (Å²) in [6.07, 6.45) is 4.30. The summed E-state index contributed by atoms with van der Waals surface area (Å²) in [6, 6.07) is 0. The molecule has 2 aliphatic heterocycles. The molecule has 2 fully saturated rings. The van der Waals surface area contributed by atoms with Crippen molar-refractivity contribution >= 4 is 17.8 Å². The average molecular weight is 420 g/mol. The Kier molecular flexibility index (Phi) is 7.53. The molecule has 8 nitrogen and oxygen atoms in total. The molecule has 1 aromatic heterocycles. The quantitative estimate of drug-likeness (QED) is 0.661. The van der Waals surface area contributed by atoms with Crippen molar-refractivity contribution in [3.63, 3.8) is 0 Å². The minimum absolute atomic E-state index is 0.0604. The molecular formula is C22H33N3O5. The van der Waals surface area contributed by atoms with Crippen LogP contribution in [-0.4, -0.2) is 66.6 Å². The molecule has 1 atom stereocenters. The number of H-pyrrole nitrogens is 1. The fraction of sp³-hybridized carbons (Fsp3) is 0.682. The largest absolute Gasteiger partial charge is 0.462 e. The van der Waals surface area contributed by atoms with Gasteiger partial charge in [0.2, 0.25) is 5.91 Å². The number of carbonyl (C=O) groups is 3. The number of aromatic nitrogens is 1. The average Bonchev–Trinajstić information content (AvgIpc) is 3.34. The van der Waals surface area contributed by atoms with Gasteiger partial charge in [-0.3, -0.25) is 9.59 Å². The van der Waals surface area contributed by atoms with Crippen molar-refractivity contribution in [2.45, 2.75) is 59.0 Å². The molecule has 0 aliphatic carbocycles. The number of esters is 1. The van der Waals surface area contributed by atoms with Crippen molar-refractivity contribution < 1.29 is 23.9 Å². The summed E-state index contributed by atoms with van der Waals surface area (Å²) < 4.78 is 10.6. The molecule has 0 bridgehead atoms. The van der Waals surface area contributed by atoms with Crippen LogP contribution in [0.3, 0.4) is 0 Å². The number of rotatable bonds is 7. The number of carbonyl (C=O) groups excluding carboxylic acids is 3. The van der Waals surface area contributed by atoms with Crippen LogP contribution in [0.5, 0.6) is 0 Å². The van der Waals surface area contributed by atoms with Gasteiger partial charge in [0.05, 0.1) is 18.3 Å². The zero-order valence-electron chi connectivity index (χ0n) is 18.2. The highest BCUT2D eigenvalue weighted by Crippen LogP contribution is 2.25. The fourth-order valence-corrected chi connectivity index (χ4v) is 4.34. The first-order valence-electron chi connectivity index (χ1n) is 10.9. The highest BCUT2D eigenvalue weighted by molar-refractivity contribution is 6.00. The number of amides is 2. The summed E-state index contributed by atoms with van der Waals surface area (Å²) in [5.74, 6) is -0.173. The summed E-state index contributed by atoms with van der Waals surface area (Å²) >= 11 is 0. The van der Waals surface area contributed by atoms with Crippen molar-refractivity contribution in [2.24, 2.45) is 5.92 Å². The zero-order valence-corrected chi connectivity index (χ0v) is 18.2. The Labute approximate surface area is 177 Å². The first kappa shape index (κ1) is 22.3. The minimum atomic E-state index is -0.407. The summed E-state index contributed by atoms with van der Waals surface area (Å²) in [6.45, 7) is 8.18. The van der Waals surface area contributed by atoms with Gasteiger partial charge in [-0.05, 0) is 57.9 Å². The molecule has 0 spiro atoms. The monoisotopic (exact) mass is 419 g/mol. The van der Waals surface area contributed by atoms with Gasteiger partial charge in [0, 0.05) is 38.4 Å². The van der Waals surface area contributed by atoms with E-state index in [1.165, 1.54) is 0 Å². The number of likely N-dealkylation sites (tertiary alicyclic amines) is 1.